The fraction of sp³-hybridized carbons (Fsp3) is 0.625. The first-order valence-electron chi connectivity index (χ1n) is 7.11. The number of anilines is 1. The summed E-state index contributed by atoms with van der Waals surface area (Å²) in [5, 5.41) is 0. The van der Waals surface area contributed by atoms with Crippen LogP contribution in [0, 0.1) is 12.8 Å². The van der Waals surface area contributed by atoms with Crippen LogP contribution in [0.3, 0.4) is 0 Å². The summed E-state index contributed by atoms with van der Waals surface area (Å²) in [6.45, 7) is 5.51. The van der Waals surface area contributed by atoms with E-state index in [1.807, 2.05) is 6.07 Å². The van der Waals surface area contributed by atoms with E-state index < -0.39 is 0 Å². The van der Waals surface area contributed by atoms with E-state index >= 15 is 0 Å². The fourth-order valence-electron chi connectivity index (χ4n) is 3.06. The van der Waals surface area contributed by atoms with Crippen LogP contribution in [0.15, 0.2) is 18.2 Å². The Labute approximate surface area is 111 Å². The van der Waals surface area contributed by atoms with Gasteiger partial charge in [0, 0.05) is 18.3 Å². The smallest absolute Gasteiger partial charge is 0.0343 e. The average Bonchev–Trinajstić information content (AvgIpc) is 2.34. The Morgan fingerprint density at radius 3 is 2.78 bits per heavy atom. The molecule has 2 rings (SSSR count). The summed E-state index contributed by atoms with van der Waals surface area (Å²) in [7, 11) is 2.26. The van der Waals surface area contributed by atoms with Gasteiger partial charge in [0.2, 0.25) is 0 Å². The first-order chi connectivity index (χ1) is 8.56. The number of aryl methyl sites for hydroxylation is 1. The summed E-state index contributed by atoms with van der Waals surface area (Å²) in [5.74, 6) is 0.888. The van der Waals surface area contributed by atoms with Crippen molar-refractivity contribution < 1.29 is 0 Å². The molecule has 18 heavy (non-hydrogen) atoms. The predicted octanol–water partition coefficient (Wildman–Crippen LogP) is 3.59. The van der Waals surface area contributed by atoms with Gasteiger partial charge in [-0.05, 0) is 49.9 Å². The maximum Gasteiger partial charge on any atom is 0.0343 e. The van der Waals surface area contributed by atoms with E-state index in [1.54, 1.807) is 0 Å². The molecule has 0 bridgehead atoms. The first-order valence-corrected chi connectivity index (χ1v) is 7.11. The van der Waals surface area contributed by atoms with Crippen LogP contribution in [0.1, 0.15) is 43.7 Å². The number of hydrogen-bond acceptors (Lipinski definition) is 2. The summed E-state index contributed by atoms with van der Waals surface area (Å²) >= 11 is 0. The molecule has 1 aliphatic rings. The zero-order valence-corrected chi connectivity index (χ0v) is 11.9. The van der Waals surface area contributed by atoms with Gasteiger partial charge in [0.05, 0.1) is 0 Å². The van der Waals surface area contributed by atoms with Crippen molar-refractivity contribution >= 4 is 5.69 Å². The van der Waals surface area contributed by atoms with E-state index in [4.69, 9.17) is 5.73 Å². The molecule has 1 fully saturated rings. The lowest BCUT2D eigenvalue weighted by Crippen LogP contribution is -2.35. The molecule has 0 saturated heterocycles. The van der Waals surface area contributed by atoms with Crippen LogP contribution in [0.25, 0.3) is 0 Å². The molecular formula is C16H26N2. The standard InChI is InChI=1S/C16H26N2/c1-12-5-4-6-15(9-12)18(3)11-14-7-8-16(17)13(2)10-14/h7-8,10,12,15H,4-6,9,11,17H2,1-3H3. The predicted molar refractivity (Wildman–Crippen MR) is 78.5 cm³/mol. The van der Waals surface area contributed by atoms with Crippen molar-refractivity contribution in [2.45, 2.75) is 52.1 Å². The van der Waals surface area contributed by atoms with Crippen LogP contribution in [0.5, 0.6) is 0 Å². The highest BCUT2D eigenvalue weighted by molar-refractivity contribution is 5.47. The number of nitrogens with two attached hydrogens (primary N) is 1. The number of rotatable bonds is 3. The zero-order chi connectivity index (χ0) is 13.1. The highest BCUT2D eigenvalue weighted by Gasteiger charge is 2.22. The van der Waals surface area contributed by atoms with E-state index in [0.717, 1.165) is 24.2 Å². The van der Waals surface area contributed by atoms with Crippen molar-refractivity contribution in [3.63, 3.8) is 0 Å². The van der Waals surface area contributed by atoms with Crippen LogP contribution in [-0.4, -0.2) is 18.0 Å². The quantitative estimate of drug-likeness (QED) is 0.826. The van der Waals surface area contributed by atoms with E-state index in [2.05, 4.69) is 37.9 Å². The number of nitrogens with zero attached hydrogens (tertiary/aromatic N) is 1. The van der Waals surface area contributed by atoms with Gasteiger partial charge in [-0.2, -0.15) is 0 Å². The SMILES string of the molecule is Cc1cc(CN(C)C2CCCC(C)C2)ccc1N. The molecule has 0 aromatic heterocycles. The van der Waals surface area contributed by atoms with E-state index in [1.165, 1.54) is 36.8 Å². The van der Waals surface area contributed by atoms with Gasteiger partial charge in [-0.15, -0.1) is 0 Å². The van der Waals surface area contributed by atoms with Crippen LogP contribution in [-0.2, 0) is 6.54 Å². The Kier molecular flexibility index (Phi) is 4.28. The van der Waals surface area contributed by atoms with Gasteiger partial charge < -0.3 is 5.73 Å². The van der Waals surface area contributed by atoms with Gasteiger partial charge in [-0.1, -0.05) is 31.9 Å². The van der Waals surface area contributed by atoms with E-state index in [9.17, 15) is 0 Å². The molecule has 2 heteroatoms. The minimum Gasteiger partial charge on any atom is -0.399 e. The maximum absolute atomic E-state index is 5.87. The largest absolute Gasteiger partial charge is 0.399 e. The zero-order valence-electron chi connectivity index (χ0n) is 11.9. The second kappa shape index (κ2) is 5.75. The Hall–Kier alpha value is -1.02. The first kappa shape index (κ1) is 13.4. The Balaban J connectivity index is 1.97. The van der Waals surface area contributed by atoms with Gasteiger partial charge >= 0.3 is 0 Å². The van der Waals surface area contributed by atoms with Crippen molar-refractivity contribution in [3.05, 3.63) is 29.3 Å². The molecule has 1 saturated carbocycles. The average molecular weight is 246 g/mol. The Morgan fingerprint density at radius 2 is 2.11 bits per heavy atom. The highest BCUT2D eigenvalue weighted by atomic mass is 15.1. The van der Waals surface area contributed by atoms with E-state index in [-0.39, 0.29) is 0 Å². The minimum absolute atomic E-state index is 0.756. The summed E-state index contributed by atoms with van der Waals surface area (Å²) in [6, 6.07) is 7.16. The van der Waals surface area contributed by atoms with Crippen molar-refractivity contribution in [3.8, 4) is 0 Å². The minimum atomic E-state index is 0.756. The van der Waals surface area contributed by atoms with Crippen molar-refractivity contribution in [1.82, 2.24) is 4.90 Å². The molecule has 1 aromatic rings. The van der Waals surface area contributed by atoms with Gasteiger partial charge in [0.15, 0.2) is 0 Å². The van der Waals surface area contributed by atoms with Crippen LogP contribution < -0.4 is 5.73 Å². The molecule has 2 unspecified atom stereocenters. The molecule has 0 spiro atoms. The number of nitrogen functional groups attached to an aromatic ring is 1. The van der Waals surface area contributed by atoms with Crippen molar-refractivity contribution in [2.24, 2.45) is 5.92 Å². The Bertz CT molecular complexity index is 400. The second-order valence-corrected chi connectivity index (χ2v) is 6.03. The van der Waals surface area contributed by atoms with Gasteiger partial charge in [-0.25, -0.2) is 0 Å². The molecule has 100 valence electrons. The molecule has 2 atom stereocenters. The molecule has 2 N–H and O–H groups in total. The number of benzene rings is 1. The monoisotopic (exact) mass is 246 g/mol. The lowest BCUT2D eigenvalue weighted by molar-refractivity contribution is 0.157. The summed E-state index contributed by atoms with van der Waals surface area (Å²) < 4.78 is 0. The second-order valence-electron chi connectivity index (χ2n) is 6.03. The summed E-state index contributed by atoms with van der Waals surface area (Å²) in [4.78, 5) is 2.51. The van der Waals surface area contributed by atoms with Gasteiger partial charge in [0.1, 0.15) is 0 Å². The molecule has 1 aromatic carbocycles. The van der Waals surface area contributed by atoms with E-state index in [0.29, 0.717) is 0 Å². The molecule has 0 radical (unpaired) electrons. The van der Waals surface area contributed by atoms with Gasteiger partial charge in [0.25, 0.3) is 0 Å². The molecule has 0 amide bonds. The molecule has 0 aliphatic heterocycles. The highest BCUT2D eigenvalue weighted by Crippen LogP contribution is 2.27. The lowest BCUT2D eigenvalue weighted by atomic mass is 9.86. The fourth-order valence-corrected chi connectivity index (χ4v) is 3.06. The topological polar surface area (TPSA) is 29.3 Å². The molecule has 0 heterocycles. The molecular weight excluding hydrogens is 220 g/mol. The third kappa shape index (κ3) is 3.26. The number of hydrogen-bond donors (Lipinski definition) is 1. The van der Waals surface area contributed by atoms with Crippen LogP contribution in [0.2, 0.25) is 0 Å². The van der Waals surface area contributed by atoms with Gasteiger partial charge in [-0.3, -0.25) is 4.90 Å². The molecule has 2 nitrogen and oxygen atoms in total. The summed E-state index contributed by atoms with van der Waals surface area (Å²) in [6.07, 6.45) is 5.50. The lowest BCUT2D eigenvalue weighted by Gasteiger charge is -2.34. The summed E-state index contributed by atoms with van der Waals surface area (Å²) in [5.41, 5.74) is 9.33. The third-order valence-corrected chi connectivity index (χ3v) is 4.30. The Morgan fingerprint density at radius 1 is 1.33 bits per heavy atom. The van der Waals surface area contributed by atoms with Crippen molar-refractivity contribution in [1.29, 1.82) is 0 Å². The van der Waals surface area contributed by atoms with Crippen LogP contribution >= 0.6 is 0 Å². The van der Waals surface area contributed by atoms with Crippen LogP contribution in [0.4, 0.5) is 5.69 Å². The van der Waals surface area contributed by atoms with Crippen molar-refractivity contribution in [2.75, 3.05) is 12.8 Å². The molecule has 1 aliphatic carbocycles. The normalized spacial score (nSPS) is 24.4. The third-order valence-electron chi connectivity index (χ3n) is 4.30. The maximum atomic E-state index is 5.87.